The summed E-state index contributed by atoms with van der Waals surface area (Å²) < 4.78 is 16.4. The van der Waals surface area contributed by atoms with Crippen molar-refractivity contribution >= 4 is 28.9 Å². The number of thiocarbonyl (C=S) groups is 1. The molecule has 10 nitrogen and oxygen atoms in total. The predicted molar refractivity (Wildman–Crippen MR) is 106 cm³/mol. The van der Waals surface area contributed by atoms with Gasteiger partial charge >= 0.3 is 5.91 Å². The quantitative estimate of drug-likeness (QED) is 0.350. The maximum atomic E-state index is 12.1. The highest BCUT2D eigenvalue weighted by molar-refractivity contribution is 7.80. The average Bonchev–Trinajstić information content (AvgIpc) is 3.41. The van der Waals surface area contributed by atoms with Crippen molar-refractivity contribution in [3.8, 4) is 5.75 Å². The molecule has 1 fully saturated rings. The molecule has 1 atom stereocenters. The number of non-ortho nitro benzene ring substituents is 1. The lowest BCUT2D eigenvalue weighted by Gasteiger charge is -2.14. The molecule has 0 aliphatic carbocycles. The molecular weight excluding hydrogens is 400 g/mol. The lowest BCUT2D eigenvalue weighted by molar-refractivity contribution is -0.384. The van der Waals surface area contributed by atoms with Gasteiger partial charge in [-0.3, -0.25) is 25.8 Å². The summed E-state index contributed by atoms with van der Waals surface area (Å²) >= 11 is 5.10. The number of hydrazine groups is 1. The van der Waals surface area contributed by atoms with E-state index in [4.69, 9.17) is 26.1 Å². The van der Waals surface area contributed by atoms with Crippen LogP contribution in [0.25, 0.3) is 0 Å². The van der Waals surface area contributed by atoms with Crippen molar-refractivity contribution in [2.45, 2.75) is 25.6 Å². The first-order valence-electron chi connectivity index (χ1n) is 8.93. The average molecular weight is 420 g/mol. The summed E-state index contributed by atoms with van der Waals surface area (Å²) in [4.78, 5) is 22.3. The van der Waals surface area contributed by atoms with E-state index < -0.39 is 10.8 Å². The molecule has 11 heteroatoms. The molecule has 0 saturated carbocycles. The largest absolute Gasteiger partial charge is 0.486 e. The lowest BCUT2D eigenvalue weighted by atomic mass is 10.2. The van der Waals surface area contributed by atoms with Crippen LogP contribution in [0.15, 0.2) is 40.8 Å². The Morgan fingerprint density at radius 2 is 2.03 bits per heavy atom. The second-order valence-electron chi connectivity index (χ2n) is 6.23. The van der Waals surface area contributed by atoms with E-state index in [2.05, 4.69) is 16.2 Å². The van der Waals surface area contributed by atoms with Gasteiger partial charge in [0, 0.05) is 25.3 Å². The van der Waals surface area contributed by atoms with E-state index in [1.165, 1.54) is 30.3 Å². The van der Waals surface area contributed by atoms with Gasteiger partial charge in [-0.1, -0.05) is 0 Å². The van der Waals surface area contributed by atoms with Crippen molar-refractivity contribution in [1.82, 2.24) is 16.2 Å². The number of nitrogens with zero attached hydrogens (tertiary/aromatic N) is 1. The van der Waals surface area contributed by atoms with Crippen molar-refractivity contribution in [1.29, 1.82) is 0 Å². The van der Waals surface area contributed by atoms with Gasteiger partial charge in [0.2, 0.25) is 0 Å². The minimum absolute atomic E-state index is 0.0232. The van der Waals surface area contributed by atoms with Gasteiger partial charge in [-0.05, 0) is 49.3 Å². The highest BCUT2D eigenvalue weighted by Crippen LogP contribution is 2.19. The van der Waals surface area contributed by atoms with Crippen LogP contribution >= 0.6 is 12.2 Å². The van der Waals surface area contributed by atoms with Gasteiger partial charge < -0.3 is 19.2 Å². The van der Waals surface area contributed by atoms with Crippen molar-refractivity contribution in [2.75, 3.05) is 13.2 Å². The fourth-order valence-electron chi connectivity index (χ4n) is 2.63. The number of nitro groups is 1. The minimum atomic E-state index is -0.493. The van der Waals surface area contributed by atoms with Crippen LogP contribution in [0.5, 0.6) is 5.75 Å². The number of ether oxygens (including phenoxy) is 2. The number of amides is 1. The molecular formula is C18H20N4O6S. The van der Waals surface area contributed by atoms with Gasteiger partial charge in [0.05, 0.1) is 11.0 Å². The Kier molecular flexibility index (Phi) is 6.98. The number of nitro benzene ring substituents is 1. The van der Waals surface area contributed by atoms with E-state index in [1.54, 1.807) is 6.07 Å². The first-order valence-corrected chi connectivity index (χ1v) is 9.34. The van der Waals surface area contributed by atoms with Crippen LogP contribution in [0.2, 0.25) is 0 Å². The van der Waals surface area contributed by atoms with Gasteiger partial charge in [-0.25, -0.2) is 0 Å². The summed E-state index contributed by atoms with van der Waals surface area (Å²) in [5.74, 6) is 0.462. The highest BCUT2D eigenvalue weighted by Gasteiger charge is 2.16. The Bertz CT molecular complexity index is 863. The van der Waals surface area contributed by atoms with Gasteiger partial charge in [0.25, 0.3) is 5.69 Å². The van der Waals surface area contributed by atoms with Crippen LogP contribution in [0, 0.1) is 10.1 Å². The normalized spacial score (nSPS) is 15.5. The SMILES string of the molecule is O=C(NNC(=S)NC[C@H]1CCCO1)c1ccc(COc2ccc([N+](=O)[O-])cc2)o1. The lowest BCUT2D eigenvalue weighted by Crippen LogP contribution is -2.48. The van der Waals surface area contributed by atoms with E-state index >= 15 is 0 Å². The van der Waals surface area contributed by atoms with Crippen molar-refractivity contribution in [3.63, 3.8) is 0 Å². The summed E-state index contributed by atoms with van der Waals surface area (Å²) in [5.41, 5.74) is 5.03. The molecule has 1 saturated heterocycles. The molecule has 0 unspecified atom stereocenters. The zero-order valence-electron chi connectivity index (χ0n) is 15.4. The number of carbonyl (C=O) groups excluding carboxylic acids is 1. The number of hydrogen-bond acceptors (Lipinski definition) is 7. The fraction of sp³-hybridized carbons (Fsp3) is 0.333. The molecule has 29 heavy (non-hydrogen) atoms. The molecule has 3 rings (SSSR count). The van der Waals surface area contributed by atoms with Crippen LogP contribution in [0.3, 0.4) is 0 Å². The van der Waals surface area contributed by atoms with Crippen molar-refractivity contribution < 1.29 is 23.6 Å². The maximum Gasteiger partial charge on any atom is 0.305 e. The number of hydrogen-bond donors (Lipinski definition) is 3. The molecule has 3 N–H and O–H groups in total. The Hall–Kier alpha value is -3.18. The maximum absolute atomic E-state index is 12.1. The Labute approximate surface area is 171 Å². The monoisotopic (exact) mass is 420 g/mol. The first kappa shape index (κ1) is 20.6. The molecule has 1 aliphatic rings. The van der Waals surface area contributed by atoms with E-state index in [-0.39, 0.29) is 29.3 Å². The van der Waals surface area contributed by atoms with Crippen LogP contribution in [-0.2, 0) is 11.3 Å². The number of nitrogens with one attached hydrogen (secondary N) is 3. The molecule has 0 radical (unpaired) electrons. The van der Waals surface area contributed by atoms with E-state index in [0.717, 1.165) is 19.4 Å². The number of furan rings is 1. The molecule has 1 aromatic carbocycles. The fourth-order valence-corrected chi connectivity index (χ4v) is 2.76. The van der Waals surface area contributed by atoms with Crippen LogP contribution in [-0.4, -0.2) is 35.2 Å². The van der Waals surface area contributed by atoms with E-state index in [9.17, 15) is 14.9 Å². The Balaban J connectivity index is 1.40. The molecule has 154 valence electrons. The Morgan fingerprint density at radius 1 is 1.24 bits per heavy atom. The summed E-state index contributed by atoms with van der Waals surface area (Å²) in [5, 5.41) is 13.9. The molecule has 0 spiro atoms. The number of carbonyl (C=O) groups is 1. The second kappa shape index (κ2) is 9.85. The number of benzene rings is 1. The topological polar surface area (TPSA) is 128 Å². The van der Waals surface area contributed by atoms with Gasteiger partial charge in [-0.15, -0.1) is 0 Å². The van der Waals surface area contributed by atoms with Gasteiger partial charge in [-0.2, -0.15) is 0 Å². The zero-order valence-corrected chi connectivity index (χ0v) is 16.2. The van der Waals surface area contributed by atoms with Gasteiger partial charge in [0.1, 0.15) is 18.1 Å². The standard InChI is InChI=1S/C18H20N4O6S/c23-17(20-21-18(29)19-10-14-2-1-9-26-14)16-8-7-15(28-16)11-27-13-5-3-12(4-6-13)22(24)25/h3-8,14H,1-2,9-11H2,(H,20,23)(H2,19,21,29)/t14-/m1/s1. The van der Waals surface area contributed by atoms with Crippen LogP contribution in [0.4, 0.5) is 5.69 Å². The third-order valence-electron chi connectivity index (χ3n) is 4.12. The molecule has 1 aromatic heterocycles. The molecule has 1 amide bonds. The van der Waals surface area contributed by atoms with E-state index in [1.807, 2.05) is 0 Å². The third kappa shape index (κ3) is 6.16. The molecule has 1 aliphatic heterocycles. The summed E-state index contributed by atoms with van der Waals surface area (Å²) in [7, 11) is 0. The van der Waals surface area contributed by atoms with Gasteiger partial charge in [0.15, 0.2) is 10.9 Å². The first-order chi connectivity index (χ1) is 14.0. The second-order valence-corrected chi connectivity index (χ2v) is 6.64. The summed E-state index contributed by atoms with van der Waals surface area (Å²) in [6, 6.07) is 8.78. The number of rotatable bonds is 7. The Morgan fingerprint density at radius 3 is 2.72 bits per heavy atom. The highest BCUT2D eigenvalue weighted by atomic mass is 32.1. The smallest absolute Gasteiger partial charge is 0.305 e. The van der Waals surface area contributed by atoms with E-state index in [0.29, 0.717) is 18.1 Å². The molecule has 0 bridgehead atoms. The summed E-state index contributed by atoms with van der Waals surface area (Å²) in [6.45, 7) is 1.41. The van der Waals surface area contributed by atoms with Crippen LogP contribution < -0.4 is 20.9 Å². The van der Waals surface area contributed by atoms with Crippen molar-refractivity contribution in [2.24, 2.45) is 0 Å². The molecule has 2 heterocycles. The van der Waals surface area contributed by atoms with Crippen LogP contribution in [0.1, 0.15) is 29.2 Å². The molecule has 2 aromatic rings. The minimum Gasteiger partial charge on any atom is -0.486 e. The van der Waals surface area contributed by atoms with Crippen molar-refractivity contribution in [3.05, 3.63) is 58.0 Å². The predicted octanol–water partition coefficient (Wildman–Crippen LogP) is 2.05. The zero-order chi connectivity index (χ0) is 20.6. The third-order valence-corrected chi connectivity index (χ3v) is 4.36. The summed E-state index contributed by atoms with van der Waals surface area (Å²) in [6.07, 6.45) is 2.16.